The molecular formula is C13H16N2O4. The number of ether oxygens (including phenoxy) is 1. The van der Waals surface area contributed by atoms with Crippen molar-refractivity contribution in [3.8, 4) is 0 Å². The van der Waals surface area contributed by atoms with Crippen LogP contribution >= 0.6 is 0 Å². The van der Waals surface area contributed by atoms with Crippen LogP contribution in [0.3, 0.4) is 0 Å². The van der Waals surface area contributed by atoms with Gasteiger partial charge in [-0.1, -0.05) is 6.07 Å². The summed E-state index contributed by atoms with van der Waals surface area (Å²) in [5.41, 5.74) is 0.0322. The standard InChI is InChI=1S/C13H16N2O4/c1-15(7-9-5-6-19-8-9)12(16)10-3-2-4-11(14-10)13(17)18/h2-4,9H,5-8H2,1H3,(H,17,18). The Morgan fingerprint density at radius 3 is 2.84 bits per heavy atom. The lowest BCUT2D eigenvalue weighted by Crippen LogP contribution is -2.32. The predicted octanol–water partition coefficient (Wildman–Crippen LogP) is 0.888. The zero-order valence-electron chi connectivity index (χ0n) is 10.7. The summed E-state index contributed by atoms with van der Waals surface area (Å²) in [6.45, 7) is 2.00. The highest BCUT2D eigenvalue weighted by molar-refractivity contribution is 5.94. The lowest BCUT2D eigenvalue weighted by atomic mass is 10.1. The van der Waals surface area contributed by atoms with Crippen molar-refractivity contribution in [1.29, 1.82) is 0 Å². The third-order valence-corrected chi connectivity index (χ3v) is 3.09. The molecule has 1 atom stereocenters. The SMILES string of the molecule is CN(CC1CCOC1)C(=O)c1cccc(C(=O)O)n1. The fourth-order valence-electron chi connectivity index (χ4n) is 2.07. The molecule has 1 N–H and O–H groups in total. The normalized spacial score (nSPS) is 18.3. The summed E-state index contributed by atoms with van der Waals surface area (Å²) in [6.07, 6.45) is 0.945. The molecule has 2 rings (SSSR count). The molecule has 2 heterocycles. The first-order valence-corrected chi connectivity index (χ1v) is 6.11. The van der Waals surface area contributed by atoms with E-state index in [9.17, 15) is 9.59 Å². The van der Waals surface area contributed by atoms with E-state index in [1.807, 2.05) is 0 Å². The van der Waals surface area contributed by atoms with E-state index in [1.54, 1.807) is 11.9 Å². The number of carbonyl (C=O) groups is 2. The van der Waals surface area contributed by atoms with Crippen LogP contribution in [0.1, 0.15) is 27.4 Å². The predicted molar refractivity (Wildman–Crippen MR) is 67.1 cm³/mol. The summed E-state index contributed by atoms with van der Waals surface area (Å²) in [5, 5.41) is 8.86. The number of hydrogen-bond acceptors (Lipinski definition) is 4. The summed E-state index contributed by atoms with van der Waals surface area (Å²) in [7, 11) is 1.69. The van der Waals surface area contributed by atoms with Crippen LogP contribution in [0.2, 0.25) is 0 Å². The van der Waals surface area contributed by atoms with Crippen LogP contribution in [0.15, 0.2) is 18.2 Å². The van der Waals surface area contributed by atoms with Gasteiger partial charge in [-0.3, -0.25) is 4.79 Å². The molecule has 6 nitrogen and oxygen atoms in total. The molecule has 1 amide bonds. The van der Waals surface area contributed by atoms with Crippen molar-refractivity contribution >= 4 is 11.9 Å². The largest absolute Gasteiger partial charge is 0.477 e. The van der Waals surface area contributed by atoms with Crippen LogP contribution < -0.4 is 0 Å². The van der Waals surface area contributed by atoms with Crippen LogP contribution in [-0.4, -0.2) is 53.7 Å². The Labute approximate surface area is 111 Å². The summed E-state index contributed by atoms with van der Waals surface area (Å²) < 4.78 is 5.26. The molecule has 0 spiro atoms. The van der Waals surface area contributed by atoms with Gasteiger partial charge < -0.3 is 14.7 Å². The van der Waals surface area contributed by atoms with Gasteiger partial charge in [-0.2, -0.15) is 0 Å². The lowest BCUT2D eigenvalue weighted by molar-refractivity contribution is 0.0690. The summed E-state index contributed by atoms with van der Waals surface area (Å²) in [6, 6.07) is 4.41. The molecule has 0 saturated carbocycles. The minimum Gasteiger partial charge on any atom is -0.477 e. The molecule has 19 heavy (non-hydrogen) atoms. The van der Waals surface area contributed by atoms with E-state index in [-0.39, 0.29) is 17.3 Å². The van der Waals surface area contributed by atoms with Crippen molar-refractivity contribution in [2.75, 3.05) is 26.8 Å². The minimum atomic E-state index is -1.14. The third kappa shape index (κ3) is 3.29. The molecule has 6 heteroatoms. The van der Waals surface area contributed by atoms with Crippen LogP contribution in [0.4, 0.5) is 0 Å². The van der Waals surface area contributed by atoms with Crippen molar-refractivity contribution in [1.82, 2.24) is 9.88 Å². The summed E-state index contributed by atoms with van der Waals surface area (Å²) in [5.74, 6) is -1.06. The molecular weight excluding hydrogens is 248 g/mol. The van der Waals surface area contributed by atoms with Crippen LogP contribution in [0, 0.1) is 5.92 Å². The first-order chi connectivity index (χ1) is 9.08. The molecule has 0 radical (unpaired) electrons. The number of amides is 1. The monoisotopic (exact) mass is 264 g/mol. The molecule has 1 aliphatic heterocycles. The zero-order valence-corrected chi connectivity index (χ0v) is 10.7. The maximum Gasteiger partial charge on any atom is 0.354 e. The van der Waals surface area contributed by atoms with Gasteiger partial charge in [-0.15, -0.1) is 0 Å². The van der Waals surface area contributed by atoms with Crippen molar-refractivity contribution in [2.24, 2.45) is 5.92 Å². The number of nitrogens with zero attached hydrogens (tertiary/aromatic N) is 2. The highest BCUT2D eigenvalue weighted by atomic mass is 16.5. The van der Waals surface area contributed by atoms with Gasteiger partial charge in [0, 0.05) is 26.1 Å². The fourth-order valence-corrected chi connectivity index (χ4v) is 2.07. The van der Waals surface area contributed by atoms with Gasteiger partial charge in [-0.05, 0) is 18.6 Å². The topological polar surface area (TPSA) is 79.7 Å². The van der Waals surface area contributed by atoms with E-state index in [0.717, 1.165) is 13.0 Å². The third-order valence-electron chi connectivity index (χ3n) is 3.09. The molecule has 1 saturated heterocycles. The minimum absolute atomic E-state index is 0.122. The molecule has 1 unspecified atom stereocenters. The Balaban J connectivity index is 2.05. The summed E-state index contributed by atoms with van der Waals surface area (Å²) >= 11 is 0. The number of carboxylic acid groups (broad SMARTS) is 1. The molecule has 1 aliphatic rings. The first kappa shape index (κ1) is 13.5. The maximum atomic E-state index is 12.1. The fraction of sp³-hybridized carbons (Fsp3) is 0.462. The van der Waals surface area contributed by atoms with Crippen LogP contribution in [-0.2, 0) is 4.74 Å². The number of carboxylic acids is 1. The second-order valence-corrected chi connectivity index (χ2v) is 4.63. The first-order valence-electron chi connectivity index (χ1n) is 6.11. The van der Waals surface area contributed by atoms with Crippen LogP contribution in [0.5, 0.6) is 0 Å². The van der Waals surface area contributed by atoms with E-state index < -0.39 is 5.97 Å². The number of rotatable bonds is 4. The van der Waals surface area contributed by atoms with Crippen molar-refractivity contribution in [2.45, 2.75) is 6.42 Å². The van der Waals surface area contributed by atoms with E-state index in [2.05, 4.69) is 4.98 Å². The van der Waals surface area contributed by atoms with Crippen molar-refractivity contribution < 1.29 is 19.4 Å². The van der Waals surface area contributed by atoms with Gasteiger partial charge in [-0.25, -0.2) is 9.78 Å². The van der Waals surface area contributed by atoms with Crippen molar-refractivity contribution in [3.05, 3.63) is 29.6 Å². The number of carbonyl (C=O) groups excluding carboxylic acids is 1. The number of aromatic carboxylic acids is 1. The number of aromatic nitrogens is 1. The van der Waals surface area contributed by atoms with Crippen molar-refractivity contribution in [3.63, 3.8) is 0 Å². The Hall–Kier alpha value is -1.95. The molecule has 1 fully saturated rings. The average Bonchev–Trinajstić information content (AvgIpc) is 2.90. The second-order valence-electron chi connectivity index (χ2n) is 4.63. The molecule has 0 bridgehead atoms. The Bertz CT molecular complexity index is 483. The number of hydrogen-bond donors (Lipinski definition) is 1. The van der Waals surface area contributed by atoms with E-state index in [4.69, 9.17) is 9.84 Å². The smallest absolute Gasteiger partial charge is 0.354 e. The average molecular weight is 264 g/mol. The Kier molecular flexibility index (Phi) is 4.11. The molecule has 102 valence electrons. The molecule has 1 aromatic rings. The maximum absolute atomic E-state index is 12.1. The molecule has 0 aliphatic carbocycles. The summed E-state index contributed by atoms with van der Waals surface area (Å²) in [4.78, 5) is 28.4. The molecule has 1 aromatic heterocycles. The molecule has 0 aromatic carbocycles. The van der Waals surface area contributed by atoms with Gasteiger partial charge in [0.1, 0.15) is 11.4 Å². The Morgan fingerprint density at radius 2 is 2.21 bits per heavy atom. The zero-order chi connectivity index (χ0) is 13.8. The Morgan fingerprint density at radius 1 is 1.47 bits per heavy atom. The number of pyridine rings is 1. The van der Waals surface area contributed by atoms with Gasteiger partial charge in [0.15, 0.2) is 0 Å². The van der Waals surface area contributed by atoms with Gasteiger partial charge in [0.2, 0.25) is 0 Å². The van der Waals surface area contributed by atoms with E-state index in [0.29, 0.717) is 19.1 Å². The van der Waals surface area contributed by atoms with E-state index in [1.165, 1.54) is 18.2 Å². The highest BCUT2D eigenvalue weighted by Gasteiger charge is 2.21. The van der Waals surface area contributed by atoms with Crippen LogP contribution in [0.25, 0.3) is 0 Å². The quantitative estimate of drug-likeness (QED) is 0.873. The van der Waals surface area contributed by atoms with Gasteiger partial charge in [0.05, 0.1) is 6.61 Å². The second kappa shape index (κ2) is 5.79. The highest BCUT2D eigenvalue weighted by Crippen LogP contribution is 2.14. The van der Waals surface area contributed by atoms with Gasteiger partial charge in [0.25, 0.3) is 5.91 Å². The lowest BCUT2D eigenvalue weighted by Gasteiger charge is -2.20. The van der Waals surface area contributed by atoms with E-state index >= 15 is 0 Å². The van der Waals surface area contributed by atoms with Gasteiger partial charge >= 0.3 is 5.97 Å².